The molecule has 2 aliphatic rings. The van der Waals surface area contributed by atoms with Gasteiger partial charge in [-0.15, -0.1) is 0 Å². The number of nitrogens with zero attached hydrogens (tertiary/aromatic N) is 2. The number of rotatable bonds is 5. The Kier molecular flexibility index (Phi) is 2.86. The van der Waals surface area contributed by atoms with Crippen molar-refractivity contribution < 1.29 is 0 Å². The summed E-state index contributed by atoms with van der Waals surface area (Å²) in [6.45, 7) is 4.57. The molecule has 1 saturated heterocycles. The normalized spacial score (nSPS) is 25.2. The second-order valence-electron chi connectivity index (χ2n) is 4.45. The molecule has 13 heavy (non-hydrogen) atoms. The summed E-state index contributed by atoms with van der Waals surface area (Å²) in [5.41, 5.74) is 5.47. The van der Waals surface area contributed by atoms with Crippen molar-refractivity contribution in [2.45, 2.75) is 31.3 Å². The van der Waals surface area contributed by atoms with Crippen LogP contribution in [0.3, 0.4) is 0 Å². The van der Waals surface area contributed by atoms with Gasteiger partial charge in [-0.1, -0.05) is 0 Å². The summed E-state index contributed by atoms with van der Waals surface area (Å²) in [5.74, 6) is 0. The minimum absolute atomic E-state index is 0.833. The fraction of sp³-hybridized carbons (Fsp3) is 1.00. The fourth-order valence-corrected chi connectivity index (χ4v) is 2.08. The van der Waals surface area contributed by atoms with Crippen LogP contribution < -0.4 is 5.73 Å². The molecule has 2 N–H and O–H groups in total. The minimum atomic E-state index is 0.833. The Morgan fingerprint density at radius 2 is 2.00 bits per heavy atom. The van der Waals surface area contributed by atoms with Gasteiger partial charge in [0.1, 0.15) is 0 Å². The molecular weight excluding hydrogens is 162 g/mol. The van der Waals surface area contributed by atoms with Gasteiger partial charge >= 0.3 is 0 Å². The van der Waals surface area contributed by atoms with E-state index in [0.29, 0.717) is 0 Å². The Hall–Kier alpha value is -0.120. The number of likely N-dealkylation sites (N-methyl/N-ethyl adjacent to an activating group) is 1. The average Bonchev–Trinajstić information content (AvgIpc) is 2.83. The highest BCUT2D eigenvalue weighted by Gasteiger charge is 2.36. The minimum Gasteiger partial charge on any atom is -0.330 e. The molecule has 0 radical (unpaired) electrons. The van der Waals surface area contributed by atoms with Gasteiger partial charge in [-0.3, -0.25) is 4.90 Å². The molecule has 0 unspecified atom stereocenters. The van der Waals surface area contributed by atoms with Crippen molar-refractivity contribution in [1.82, 2.24) is 9.80 Å². The summed E-state index contributed by atoms with van der Waals surface area (Å²) in [5, 5.41) is 0. The second-order valence-corrected chi connectivity index (χ2v) is 4.45. The predicted molar refractivity (Wildman–Crippen MR) is 54.7 cm³/mol. The molecule has 76 valence electrons. The van der Waals surface area contributed by atoms with Crippen LogP contribution in [0.25, 0.3) is 0 Å². The van der Waals surface area contributed by atoms with Crippen molar-refractivity contribution in [2.24, 2.45) is 5.73 Å². The first-order valence-corrected chi connectivity index (χ1v) is 5.45. The lowest BCUT2D eigenvalue weighted by Crippen LogP contribution is -2.59. The van der Waals surface area contributed by atoms with E-state index in [9.17, 15) is 0 Å². The van der Waals surface area contributed by atoms with Crippen molar-refractivity contribution in [2.75, 3.05) is 33.2 Å². The third-order valence-corrected chi connectivity index (χ3v) is 3.32. The van der Waals surface area contributed by atoms with E-state index in [-0.39, 0.29) is 0 Å². The van der Waals surface area contributed by atoms with Crippen LogP contribution in [-0.2, 0) is 0 Å². The summed E-state index contributed by atoms with van der Waals surface area (Å²) < 4.78 is 0. The van der Waals surface area contributed by atoms with Crippen molar-refractivity contribution in [3.63, 3.8) is 0 Å². The summed E-state index contributed by atoms with van der Waals surface area (Å²) in [6.07, 6.45) is 4.01. The number of nitrogens with two attached hydrogens (primary N) is 1. The first kappa shape index (κ1) is 9.44. The topological polar surface area (TPSA) is 32.5 Å². The molecule has 1 saturated carbocycles. The molecular formula is C10H21N3. The third kappa shape index (κ3) is 2.22. The molecule has 0 spiro atoms. The summed E-state index contributed by atoms with van der Waals surface area (Å²) in [6, 6.07) is 1.76. The molecule has 0 aromatic carbocycles. The monoisotopic (exact) mass is 183 g/mol. The lowest BCUT2D eigenvalue weighted by Gasteiger charge is -2.44. The van der Waals surface area contributed by atoms with Crippen LogP contribution in [0.2, 0.25) is 0 Å². The number of likely N-dealkylation sites (tertiary alicyclic amines) is 1. The fourth-order valence-electron chi connectivity index (χ4n) is 2.08. The molecule has 1 aliphatic heterocycles. The first-order chi connectivity index (χ1) is 6.31. The zero-order valence-electron chi connectivity index (χ0n) is 8.58. The second kappa shape index (κ2) is 3.95. The molecule has 0 aromatic rings. The third-order valence-electron chi connectivity index (χ3n) is 3.32. The highest BCUT2D eigenvalue weighted by atomic mass is 15.3. The Morgan fingerprint density at radius 1 is 1.31 bits per heavy atom. The lowest BCUT2D eigenvalue weighted by atomic mass is 10.1. The Morgan fingerprint density at radius 3 is 2.54 bits per heavy atom. The van der Waals surface area contributed by atoms with Crippen LogP contribution in [0.15, 0.2) is 0 Å². The first-order valence-electron chi connectivity index (χ1n) is 5.45. The maximum atomic E-state index is 5.47. The van der Waals surface area contributed by atoms with Gasteiger partial charge in [0.05, 0.1) is 0 Å². The Labute approximate surface area is 80.9 Å². The number of hydrogen-bond acceptors (Lipinski definition) is 3. The van der Waals surface area contributed by atoms with E-state index in [2.05, 4.69) is 16.8 Å². The van der Waals surface area contributed by atoms with Crippen LogP contribution in [0.5, 0.6) is 0 Å². The molecule has 3 heteroatoms. The predicted octanol–water partition coefficient (Wildman–Crippen LogP) is 0.114. The Balaban J connectivity index is 1.60. The van der Waals surface area contributed by atoms with Crippen LogP contribution in [0, 0.1) is 0 Å². The molecule has 0 amide bonds. The maximum Gasteiger partial charge on any atom is 0.0350 e. The summed E-state index contributed by atoms with van der Waals surface area (Å²) >= 11 is 0. The van der Waals surface area contributed by atoms with Gasteiger partial charge in [0.25, 0.3) is 0 Å². The van der Waals surface area contributed by atoms with Gasteiger partial charge in [0.2, 0.25) is 0 Å². The van der Waals surface area contributed by atoms with Crippen LogP contribution in [0.1, 0.15) is 19.3 Å². The molecule has 1 aliphatic carbocycles. The standard InChI is InChI=1S/C10H21N3/c1-12(9-3-4-9)10-7-13(8-10)6-2-5-11/h9-10H,2-8,11H2,1H3. The van der Waals surface area contributed by atoms with Crippen LogP contribution in [0.4, 0.5) is 0 Å². The smallest absolute Gasteiger partial charge is 0.0350 e. The van der Waals surface area contributed by atoms with E-state index in [1.807, 2.05) is 0 Å². The van der Waals surface area contributed by atoms with Crippen LogP contribution >= 0.6 is 0 Å². The van der Waals surface area contributed by atoms with Gasteiger partial charge in [0, 0.05) is 25.2 Å². The summed E-state index contributed by atoms with van der Waals surface area (Å²) in [7, 11) is 2.28. The molecule has 2 rings (SSSR count). The average molecular weight is 183 g/mol. The Bertz CT molecular complexity index is 162. The zero-order chi connectivity index (χ0) is 9.26. The quantitative estimate of drug-likeness (QED) is 0.657. The van der Waals surface area contributed by atoms with Crippen molar-refractivity contribution in [3.05, 3.63) is 0 Å². The molecule has 0 aromatic heterocycles. The van der Waals surface area contributed by atoms with E-state index < -0.39 is 0 Å². The van der Waals surface area contributed by atoms with E-state index in [1.54, 1.807) is 0 Å². The van der Waals surface area contributed by atoms with E-state index in [0.717, 1.165) is 25.0 Å². The summed E-state index contributed by atoms with van der Waals surface area (Å²) in [4.78, 5) is 5.08. The lowest BCUT2D eigenvalue weighted by molar-refractivity contribution is 0.0447. The number of hydrogen-bond donors (Lipinski definition) is 1. The van der Waals surface area contributed by atoms with Gasteiger partial charge in [-0.25, -0.2) is 0 Å². The van der Waals surface area contributed by atoms with Gasteiger partial charge in [-0.2, -0.15) is 0 Å². The molecule has 0 atom stereocenters. The van der Waals surface area contributed by atoms with E-state index >= 15 is 0 Å². The van der Waals surface area contributed by atoms with Crippen molar-refractivity contribution >= 4 is 0 Å². The van der Waals surface area contributed by atoms with Crippen molar-refractivity contribution in [1.29, 1.82) is 0 Å². The molecule has 2 fully saturated rings. The van der Waals surface area contributed by atoms with E-state index in [4.69, 9.17) is 5.73 Å². The maximum absolute atomic E-state index is 5.47. The van der Waals surface area contributed by atoms with Gasteiger partial charge in [0.15, 0.2) is 0 Å². The van der Waals surface area contributed by atoms with Gasteiger partial charge in [-0.05, 0) is 39.4 Å². The highest BCUT2D eigenvalue weighted by molar-refractivity contribution is 4.93. The van der Waals surface area contributed by atoms with Crippen molar-refractivity contribution in [3.8, 4) is 0 Å². The van der Waals surface area contributed by atoms with Gasteiger partial charge < -0.3 is 10.6 Å². The van der Waals surface area contributed by atoms with E-state index in [1.165, 1.54) is 32.5 Å². The largest absolute Gasteiger partial charge is 0.330 e. The zero-order valence-corrected chi connectivity index (χ0v) is 8.58. The highest BCUT2D eigenvalue weighted by Crippen LogP contribution is 2.29. The molecule has 0 bridgehead atoms. The molecule has 3 nitrogen and oxygen atoms in total. The molecule has 1 heterocycles. The van der Waals surface area contributed by atoms with Crippen LogP contribution in [-0.4, -0.2) is 55.1 Å². The SMILES string of the molecule is CN(C1CC1)C1CN(CCCN)C1.